The first-order chi connectivity index (χ1) is 10.8. The van der Waals surface area contributed by atoms with E-state index in [2.05, 4.69) is 32.7 Å². The molecule has 5 nitrogen and oxygen atoms in total. The van der Waals surface area contributed by atoms with Crippen LogP contribution >= 0.6 is 24.0 Å². The molecule has 1 aliphatic rings. The van der Waals surface area contributed by atoms with Crippen LogP contribution in [0.25, 0.3) is 0 Å². The van der Waals surface area contributed by atoms with E-state index in [1.807, 2.05) is 25.1 Å². The molecule has 1 saturated heterocycles. The summed E-state index contributed by atoms with van der Waals surface area (Å²) in [6, 6.07) is 10.2. The largest absolute Gasteiger partial charge is 0.357 e. The van der Waals surface area contributed by atoms with Gasteiger partial charge < -0.3 is 15.5 Å². The molecule has 0 bridgehead atoms. The zero-order valence-electron chi connectivity index (χ0n) is 13.8. The van der Waals surface area contributed by atoms with Gasteiger partial charge in [0.15, 0.2) is 5.96 Å². The van der Waals surface area contributed by atoms with Crippen molar-refractivity contribution in [2.75, 3.05) is 32.7 Å². The number of benzene rings is 1. The third-order valence-electron chi connectivity index (χ3n) is 3.69. The molecule has 128 valence electrons. The predicted octanol–water partition coefficient (Wildman–Crippen LogP) is 2.02. The Morgan fingerprint density at radius 1 is 1.17 bits per heavy atom. The monoisotopic (exact) mass is 430 g/mol. The molecule has 2 rings (SSSR count). The standard InChI is InChI=1S/C17H26N4O.HI/c1-2-18-17(21-12-6-7-13-21)20-14-16(22)19-11-10-15-8-4-3-5-9-15;/h3-5,8-9H,2,6-7,10-14H2,1H3,(H,18,20)(H,19,22);1H. The van der Waals surface area contributed by atoms with E-state index < -0.39 is 0 Å². The van der Waals surface area contributed by atoms with Gasteiger partial charge in [-0.2, -0.15) is 0 Å². The Morgan fingerprint density at radius 3 is 2.52 bits per heavy atom. The summed E-state index contributed by atoms with van der Waals surface area (Å²) in [7, 11) is 0. The summed E-state index contributed by atoms with van der Waals surface area (Å²) in [5.74, 6) is 0.837. The highest BCUT2D eigenvalue weighted by Crippen LogP contribution is 2.07. The minimum Gasteiger partial charge on any atom is -0.357 e. The third-order valence-corrected chi connectivity index (χ3v) is 3.69. The molecule has 0 atom stereocenters. The van der Waals surface area contributed by atoms with Crippen molar-refractivity contribution in [2.24, 2.45) is 4.99 Å². The van der Waals surface area contributed by atoms with Crippen LogP contribution in [0.3, 0.4) is 0 Å². The van der Waals surface area contributed by atoms with Gasteiger partial charge in [0.1, 0.15) is 6.54 Å². The van der Waals surface area contributed by atoms with Crippen LogP contribution in [-0.4, -0.2) is 49.5 Å². The number of likely N-dealkylation sites (tertiary alicyclic amines) is 1. The zero-order chi connectivity index (χ0) is 15.6. The SMILES string of the molecule is CCNC(=NCC(=O)NCCc1ccccc1)N1CCCC1.I. The molecular weight excluding hydrogens is 403 g/mol. The van der Waals surface area contributed by atoms with Crippen molar-refractivity contribution in [3.05, 3.63) is 35.9 Å². The lowest BCUT2D eigenvalue weighted by atomic mass is 10.1. The number of nitrogens with zero attached hydrogens (tertiary/aromatic N) is 2. The summed E-state index contributed by atoms with van der Waals surface area (Å²) in [6.45, 7) is 5.77. The summed E-state index contributed by atoms with van der Waals surface area (Å²) in [5, 5.41) is 6.18. The lowest BCUT2D eigenvalue weighted by molar-refractivity contribution is -0.119. The van der Waals surface area contributed by atoms with Gasteiger partial charge >= 0.3 is 0 Å². The Labute approximate surface area is 156 Å². The number of nitrogens with one attached hydrogen (secondary N) is 2. The van der Waals surface area contributed by atoms with E-state index >= 15 is 0 Å². The summed E-state index contributed by atoms with van der Waals surface area (Å²) in [5.41, 5.74) is 1.23. The molecule has 1 aromatic carbocycles. The van der Waals surface area contributed by atoms with Crippen LogP contribution in [-0.2, 0) is 11.2 Å². The highest BCUT2D eigenvalue weighted by atomic mass is 127. The number of guanidine groups is 1. The Kier molecular flexibility index (Phi) is 9.66. The van der Waals surface area contributed by atoms with Crippen LogP contribution in [0.15, 0.2) is 35.3 Å². The van der Waals surface area contributed by atoms with Gasteiger partial charge in [0.25, 0.3) is 0 Å². The third kappa shape index (κ3) is 7.20. The van der Waals surface area contributed by atoms with Gasteiger partial charge in [0.2, 0.25) is 5.91 Å². The van der Waals surface area contributed by atoms with Crippen LogP contribution in [0, 0.1) is 0 Å². The Hall–Kier alpha value is -1.31. The van der Waals surface area contributed by atoms with Gasteiger partial charge in [-0.3, -0.25) is 4.79 Å². The molecule has 1 aliphatic heterocycles. The van der Waals surface area contributed by atoms with Crippen molar-refractivity contribution in [3.63, 3.8) is 0 Å². The first-order valence-corrected chi connectivity index (χ1v) is 8.13. The second kappa shape index (κ2) is 11.3. The van der Waals surface area contributed by atoms with Crippen molar-refractivity contribution in [3.8, 4) is 0 Å². The average molecular weight is 430 g/mol. The molecule has 23 heavy (non-hydrogen) atoms. The van der Waals surface area contributed by atoms with E-state index in [0.717, 1.165) is 32.0 Å². The highest BCUT2D eigenvalue weighted by molar-refractivity contribution is 14.0. The highest BCUT2D eigenvalue weighted by Gasteiger charge is 2.15. The van der Waals surface area contributed by atoms with Crippen LogP contribution in [0.5, 0.6) is 0 Å². The molecule has 2 N–H and O–H groups in total. The predicted molar refractivity (Wildman–Crippen MR) is 105 cm³/mol. The maximum absolute atomic E-state index is 11.9. The second-order valence-corrected chi connectivity index (χ2v) is 5.45. The lowest BCUT2D eigenvalue weighted by Crippen LogP contribution is -2.40. The molecular formula is C17H27IN4O. The number of hydrogen-bond donors (Lipinski definition) is 2. The first-order valence-electron chi connectivity index (χ1n) is 8.13. The fourth-order valence-electron chi connectivity index (χ4n) is 2.55. The summed E-state index contributed by atoms with van der Waals surface area (Å²) in [4.78, 5) is 18.6. The number of amides is 1. The molecule has 1 fully saturated rings. The fourth-order valence-corrected chi connectivity index (χ4v) is 2.55. The number of halogens is 1. The molecule has 0 unspecified atom stereocenters. The molecule has 1 amide bonds. The summed E-state index contributed by atoms with van der Waals surface area (Å²) in [6.07, 6.45) is 3.25. The topological polar surface area (TPSA) is 56.7 Å². The number of hydrogen-bond acceptors (Lipinski definition) is 2. The van der Waals surface area contributed by atoms with Crippen LogP contribution in [0.4, 0.5) is 0 Å². The van der Waals surface area contributed by atoms with Crippen molar-refractivity contribution in [2.45, 2.75) is 26.2 Å². The Balaban J connectivity index is 0.00000264. The van der Waals surface area contributed by atoms with Gasteiger partial charge in [-0.1, -0.05) is 30.3 Å². The summed E-state index contributed by atoms with van der Waals surface area (Å²) < 4.78 is 0. The van der Waals surface area contributed by atoms with Crippen molar-refractivity contribution < 1.29 is 4.79 Å². The van der Waals surface area contributed by atoms with E-state index in [9.17, 15) is 4.79 Å². The van der Waals surface area contributed by atoms with Crippen LogP contribution in [0.1, 0.15) is 25.3 Å². The summed E-state index contributed by atoms with van der Waals surface area (Å²) >= 11 is 0. The molecule has 0 aromatic heterocycles. The average Bonchev–Trinajstić information content (AvgIpc) is 3.07. The molecule has 1 aromatic rings. The number of aliphatic imine (C=N–C) groups is 1. The minimum absolute atomic E-state index is 0. The quantitative estimate of drug-likeness (QED) is 0.413. The van der Waals surface area contributed by atoms with Crippen molar-refractivity contribution >= 4 is 35.8 Å². The van der Waals surface area contributed by atoms with Crippen LogP contribution < -0.4 is 10.6 Å². The molecule has 0 saturated carbocycles. The normalized spacial score (nSPS) is 14.3. The number of rotatable bonds is 6. The van der Waals surface area contributed by atoms with E-state index in [0.29, 0.717) is 6.54 Å². The molecule has 6 heteroatoms. The van der Waals surface area contributed by atoms with Gasteiger partial charge in [-0.05, 0) is 31.7 Å². The van der Waals surface area contributed by atoms with Crippen LogP contribution in [0.2, 0.25) is 0 Å². The fraction of sp³-hybridized carbons (Fsp3) is 0.529. The van der Waals surface area contributed by atoms with Gasteiger partial charge in [-0.25, -0.2) is 4.99 Å². The van der Waals surface area contributed by atoms with Crippen molar-refractivity contribution in [1.29, 1.82) is 0 Å². The van der Waals surface area contributed by atoms with Crippen molar-refractivity contribution in [1.82, 2.24) is 15.5 Å². The van der Waals surface area contributed by atoms with Gasteiger partial charge in [-0.15, -0.1) is 24.0 Å². The minimum atomic E-state index is -0.0227. The second-order valence-electron chi connectivity index (χ2n) is 5.45. The van der Waals surface area contributed by atoms with Gasteiger partial charge in [0, 0.05) is 26.2 Å². The first kappa shape index (κ1) is 19.7. The maximum Gasteiger partial charge on any atom is 0.241 e. The zero-order valence-corrected chi connectivity index (χ0v) is 16.1. The smallest absolute Gasteiger partial charge is 0.241 e. The molecule has 0 aliphatic carbocycles. The molecule has 0 radical (unpaired) electrons. The van der Waals surface area contributed by atoms with E-state index in [-0.39, 0.29) is 36.4 Å². The molecule has 0 spiro atoms. The molecule has 1 heterocycles. The number of carbonyl (C=O) groups excluding carboxylic acids is 1. The van der Waals surface area contributed by atoms with E-state index in [4.69, 9.17) is 0 Å². The van der Waals surface area contributed by atoms with Gasteiger partial charge in [0.05, 0.1) is 0 Å². The maximum atomic E-state index is 11.9. The number of carbonyl (C=O) groups is 1. The lowest BCUT2D eigenvalue weighted by Gasteiger charge is -2.20. The Morgan fingerprint density at radius 2 is 1.87 bits per heavy atom. The van der Waals surface area contributed by atoms with E-state index in [1.54, 1.807) is 0 Å². The van der Waals surface area contributed by atoms with E-state index in [1.165, 1.54) is 18.4 Å². The Bertz CT molecular complexity index is 487.